The zero-order valence-corrected chi connectivity index (χ0v) is 15.2. The quantitative estimate of drug-likeness (QED) is 0.432. The Bertz CT molecular complexity index is 839. The van der Waals surface area contributed by atoms with Gasteiger partial charge in [0.25, 0.3) is 0 Å². The van der Waals surface area contributed by atoms with Crippen molar-refractivity contribution in [3.05, 3.63) is 65.2 Å². The summed E-state index contributed by atoms with van der Waals surface area (Å²) in [5.41, 5.74) is 1.97. The fourth-order valence-corrected chi connectivity index (χ4v) is 3.19. The molecule has 0 atom stereocenters. The number of ether oxygens (including phenoxy) is 1. The summed E-state index contributed by atoms with van der Waals surface area (Å²) >= 11 is 7.80. The molecular formula is C18H17ClFN3OS. The molecule has 25 heavy (non-hydrogen) atoms. The summed E-state index contributed by atoms with van der Waals surface area (Å²) in [5.74, 6) is 1.24. The van der Waals surface area contributed by atoms with Crippen molar-refractivity contribution < 1.29 is 9.13 Å². The average molecular weight is 378 g/mol. The molecule has 0 saturated heterocycles. The third-order valence-corrected chi connectivity index (χ3v) is 4.99. The number of hydrogen-bond acceptors (Lipinski definition) is 4. The minimum absolute atomic E-state index is 0.265. The number of aryl methyl sites for hydroxylation is 1. The Labute approximate surface area is 155 Å². The van der Waals surface area contributed by atoms with E-state index in [1.807, 2.05) is 29.7 Å². The Kier molecular flexibility index (Phi) is 5.94. The molecule has 0 radical (unpaired) electrons. The van der Waals surface area contributed by atoms with E-state index in [1.54, 1.807) is 30.2 Å². The largest absolute Gasteiger partial charge is 0.494 e. The molecule has 0 spiro atoms. The Morgan fingerprint density at radius 1 is 1.20 bits per heavy atom. The van der Waals surface area contributed by atoms with E-state index < -0.39 is 0 Å². The molecule has 7 heteroatoms. The highest BCUT2D eigenvalue weighted by molar-refractivity contribution is 7.99. The van der Waals surface area contributed by atoms with Gasteiger partial charge in [0, 0.05) is 10.8 Å². The van der Waals surface area contributed by atoms with E-state index >= 15 is 0 Å². The Morgan fingerprint density at radius 2 is 2.00 bits per heavy atom. The normalized spacial score (nSPS) is 10.8. The number of thioether (sulfide) groups is 1. The molecular weight excluding hydrogens is 361 g/mol. The van der Waals surface area contributed by atoms with Crippen LogP contribution in [0.4, 0.5) is 4.39 Å². The maximum atomic E-state index is 12.8. The highest BCUT2D eigenvalue weighted by atomic mass is 35.5. The van der Waals surface area contributed by atoms with E-state index in [9.17, 15) is 4.39 Å². The smallest absolute Gasteiger partial charge is 0.195 e. The third kappa shape index (κ3) is 4.74. The van der Waals surface area contributed by atoms with Gasteiger partial charge >= 0.3 is 0 Å². The summed E-state index contributed by atoms with van der Waals surface area (Å²) < 4.78 is 20.3. The zero-order chi connectivity index (χ0) is 17.6. The van der Waals surface area contributed by atoms with Crippen molar-refractivity contribution in [2.75, 3.05) is 12.4 Å². The van der Waals surface area contributed by atoms with Crippen molar-refractivity contribution in [2.45, 2.75) is 18.5 Å². The van der Waals surface area contributed by atoms with Crippen molar-refractivity contribution in [2.24, 2.45) is 0 Å². The molecule has 4 nitrogen and oxygen atoms in total. The number of hydrogen-bond donors (Lipinski definition) is 0. The molecule has 0 N–H and O–H groups in total. The van der Waals surface area contributed by atoms with E-state index in [1.165, 1.54) is 12.1 Å². The fraction of sp³-hybridized carbons (Fsp3) is 0.222. The predicted octanol–water partition coefficient (Wildman–Crippen LogP) is 4.93. The van der Waals surface area contributed by atoms with E-state index in [0.717, 1.165) is 33.6 Å². The standard InChI is InChI=1S/C18H17ClFN3OS/c1-13-3-6-15(11-17(13)19)23-12-21-22-18(23)25-10-2-9-24-16-7-4-14(20)5-8-16/h3-8,11-12H,2,9-10H2,1H3. The van der Waals surface area contributed by atoms with Crippen molar-refractivity contribution in [1.29, 1.82) is 0 Å². The van der Waals surface area contributed by atoms with Crippen LogP contribution in [0.5, 0.6) is 5.75 Å². The fourth-order valence-electron chi connectivity index (χ4n) is 2.17. The van der Waals surface area contributed by atoms with Gasteiger partial charge in [0.2, 0.25) is 0 Å². The van der Waals surface area contributed by atoms with Crippen LogP contribution in [0, 0.1) is 12.7 Å². The van der Waals surface area contributed by atoms with Crippen LogP contribution in [0.2, 0.25) is 5.02 Å². The van der Waals surface area contributed by atoms with Crippen LogP contribution in [0.15, 0.2) is 53.9 Å². The summed E-state index contributed by atoms with van der Waals surface area (Å²) in [6.45, 7) is 2.53. The molecule has 0 saturated carbocycles. The number of benzene rings is 2. The monoisotopic (exact) mass is 377 g/mol. The highest BCUT2D eigenvalue weighted by Crippen LogP contribution is 2.24. The average Bonchev–Trinajstić information content (AvgIpc) is 3.07. The van der Waals surface area contributed by atoms with Crippen molar-refractivity contribution >= 4 is 23.4 Å². The van der Waals surface area contributed by atoms with Crippen LogP contribution in [0.25, 0.3) is 5.69 Å². The second-order valence-corrected chi connectivity index (χ2v) is 6.89. The number of halogens is 2. The molecule has 0 aliphatic heterocycles. The van der Waals surface area contributed by atoms with Gasteiger partial charge in [0.1, 0.15) is 17.9 Å². The Balaban J connectivity index is 1.51. The Morgan fingerprint density at radius 3 is 2.76 bits per heavy atom. The molecule has 0 fully saturated rings. The van der Waals surface area contributed by atoms with Crippen molar-refractivity contribution in [3.63, 3.8) is 0 Å². The second-order valence-electron chi connectivity index (χ2n) is 5.42. The van der Waals surface area contributed by atoms with Gasteiger partial charge in [-0.25, -0.2) is 4.39 Å². The van der Waals surface area contributed by atoms with Gasteiger partial charge in [0.15, 0.2) is 5.16 Å². The molecule has 0 bridgehead atoms. The number of aromatic nitrogens is 3. The van der Waals surface area contributed by atoms with E-state index in [4.69, 9.17) is 16.3 Å². The van der Waals surface area contributed by atoms with Crippen LogP contribution >= 0.6 is 23.4 Å². The van der Waals surface area contributed by atoms with Crippen molar-refractivity contribution in [3.8, 4) is 11.4 Å². The van der Waals surface area contributed by atoms with Gasteiger partial charge in [0.05, 0.1) is 12.3 Å². The first kappa shape index (κ1) is 17.8. The van der Waals surface area contributed by atoms with Gasteiger partial charge in [-0.2, -0.15) is 0 Å². The second kappa shape index (κ2) is 8.36. The lowest BCUT2D eigenvalue weighted by atomic mass is 10.2. The van der Waals surface area contributed by atoms with Gasteiger partial charge < -0.3 is 4.74 Å². The Hall–Kier alpha value is -2.05. The topological polar surface area (TPSA) is 39.9 Å². The van der Waals surface area contributed by atoms with E-state index in [-0.39, 0.29) is 5.82 Å². The molecule has 0 amide bonds. The molecule has 3 rings (SSSR count). The van der Waals surface area contributed by atoms with Crippen LogP contribution in [0.3, 0.4) is 0 Å². The lowest BCUT2D eigenvalue weighted by Crippen LogP contribution is -2.00. The first-order valence-electron chi connectivity index (χ1n) is 7.81. The minimum atomic E-state index is -0.265. The number of nitrogens with zero attached hydrogens (tertiary/aromatic N) is 3. The van der Waals surface area contributed by atoms with E-state index in [2.05, 4.69) is 10.2 Å². The van der Waals surface area contributed by atoms with Crippen molar-refractivity contribution in [1.82, 2.24) is 14.8 Å². The third-order valence-electron chi connectivity index (χ3n) is 3.55. The van der Waals surface area contributed by atoms with Crippen LogP contribution in [0.1, 0.15) is 12.0 Å². The van der Waals surface area contributed by atoms with Crippen LogP contribution in [-0.2, 0) is 0 Å². The molecule has 3 aromatic rings. The first-order chi connectivity index (χ1) is 12.1. The molecule has 0 aliphatic rings. The van der Waals surface area contributed by atoms with Gasteiger partial charge in [-0.05, 0) is 55.3 Å². The molecule has 0 unspecified atom stereocenters. The summed E-state index contributed by atoms with van der Waals surface area (Å²) in [4.78, 5) is 0. The summed E-state index contributed by atoms with van der Waals surface area (Å²) in [7, 11) is 0. The maximum Gasteiger partial charge on any atom is 0.195 e. The van der Waals surface area contributed by atoms with Crippen LogP contribution in [-0.4, -0.2) is 27.1 Å². The lowest BCUT2D eigenvalue weighted by molar-refractivity contribution is 0.318. The summed E-state index contributed by atoms with van der Waals surface area (Å²) in [6.07, 6.45) is 2.52. The van der Waals surface area contributed by atoms with Gasteiger partial charge in [-0.3, -0.25) is 4.57 Å². The maximum absolute atomic E-state index is 12.8. The van der Waals surface area contributed by atoms with Gasteiger partial charge in [-0.15, -0.1) is 10.2 Å². The summed E-state index contributed by atoms with van der Waals surface area (Å²) in [5, 5.41) is 9.67. The predicted molar refractivity (Wildman–Crippen MR) is 98.3 cm³/mol. The SMILES string of the molecule is Cc1ccc(-n2cnnc2SCCCOc2ccc(F)cc2)cc1Cl. The molecule has 1 aromatic heterocycles. The van der Waals surface area contributed by atoms with E-state index in [0.29, 0.717) is 12.4 Å². The molecule has 0 aliphatic carbocycles. The zero-order valence-electron chi connectivity index (χ0n) is 13.7. The first-order valence-corrected chi connectivity index (χ1v) is 9.17. The lowest BCUT2D eigenvalue weighted by Gasteiger charge is -2.08. The summed E-state index contributed by atoms with van der Waals surface area (Å²) in [6, 6.07) is 11.9. The van der Waals surface area contributed by atoms with Gasteiger partial charge in [-0.1, -0.05) is 29.4 Å². The highest BCUT2D eigenvalue weighted by Gasteiger charge is 2.08. The number of rotatable bonds is 7. The molecule has 1 heterocycles. The minimum Gasteiger partial charge on any atom is -0.494 e. The molecule has 2 aromatic carbocycles. The molecule has 130 valence electrons. The van der Waals surface area contributed by atoms with Crippen LogP contribution < -0.4 is 4.74 Å².